The summed E-state index contributed by atoms with van der Waals surface area (Å²) >= 11 is 0. The smallest absolute Gasteiger partial charge is 0 e. The van der Waals surface area contributed by atoms with Gasteiger partial charge in [0.1, 0.15) is 0 Å². The molecule has 14 valence electrons. The first-order chi connectivity index (χ1) is 0. The molecule has 4 heteroatoms. The normalized spacial score (nSPS) is 0. The van der Waals surface area contributed by atoms with E-state index in [4.69, 9.17) is 0 Å². The topological polar surface area (TPSA) is 0 Å². The summed E-state index contributed by atoms with van der Waals surface area (Å²) in [4.78, 5) is 0. The molecule has 0 aromatic rings. The summed E-state index contributed by atoms with van der Waals surface area (Å²) in [5.74, 6) is 0. The molecule has 0 atom stereocenters. The van der Waals surface area contributed by atoms with Crippen molar-refractivity contribution in [3.63, 3.8) is 0 Å². The zero-order valence-electron chi connectivity index (χ0n) is 2.18. The van der Waals surface area contributed by atoms with E-state index in [1.165, 1.54) is 0 Å². The van der Waals surface area contributed by atoms with E-state index < -0.39 is 0 Å². The van der Waals surface area contributed by atoms with E-state index in [9.17, 15) is 0 Å². The van der Waals surface area contributed by atoms with Gasteiger partial charge in [-0.3, -0.25) is 0 Å². The van der Waals surface area contributed by atoms with Crippen LogP contribution in [0.2, 0.25) is 0 Å². The van der Waals surface area contributed by atoms with Gasteiger partial charge in [0.25, 0.3) is 0 Å². The minimum Gasteiger partial charge on any atom is 0 e. The molecule has 0 fully saturated rings. The van der Waals surface area contributed by atoms with Crippen molar-refractivity contribution < 1.29 is 0 Å². The molecule has 0 amide bonds. The zero-order valence-corrected chi connectivity index (χ0v) is 10.9. The Morgan fingerprint density at radius 2 is 1.00 bits per heavy atom. The van der Waals surface area contributed by atoms with E-state index in [1.807, 2.05) is 0 Å². The van der Waals surface area contributed by atoms with Gasteiger partial charge in [-0.15, -0.1) is 0 Å². The first-order valence-electron chi connectivity index (χ1n) is 0. The molecule has 0 aliphatic carbocycles. The van der Waals surface area contributed by atoms with Crippen molar-refractivity contribution in [3.05, 3.63) is 0 Å². The molecule has 4 heavy (non-hydrogen) atoms. The Bertz CT molecular complexity index is 8.00. The Morgan fingerprint density at radius 3 is 1.00 bits per heavy atom. The molecular weight excluding hydrogens is 286 g/mol. The van der Waals surface area contributed by atoms with Crippen molar-refractivity contribution in [3.8, 4) is 0 Å². The van der Waals surface area contributed by atoms with Crippen molar-refractivity contribution in [2.45, 2.75) is 0 Å². The van der Waals surface area contributed by atoms with Crippen LogP contribution < -0.4 is 0 Å². The van der Waals surface area contributed by atoms with Crippen LogP contribution in [0.4, 0.5) is 0 Å². The van der Waals surface area contributed by atoms with Crippen molar-refractivity contribution in [1.82, 2.24) is 0 Å². The molecule has 0 saturated heterocycles. The Balaban J connectivity index is 0. The largest absolute Gasteiger partial charge is 0 e. The molecule has 0 spiro atoms. The van der Waals surface area contributed by atoms with Crippen molar-refractivity contribution in [2.75, 3.05) is 0 Å². The van der Waals surface area contributed by atoms with Crippen molar-refractivity contribution in [2.24, 2.45) is 0 Å². The fourth-order valence-corrected chi connectivity index (χ4v) is 0. The third-order valence-electron chi connectivity index (χ3n) is 0. The van der Waals surface area contributed by atoms with Crippen LogP contribution in [0, 0.1) is 0 Å². The van der Waals surface area contributed by atoms with Crippen LogP contribution in [-0.2, 0) is 0 Å². The first kappa shape index (κ1) is 30.6. The van der Waals surface area contributed by atoms with E-state index in [0.717, 1.165) is 0 Å². The molecule has 0 bridgehead atoms. The van der Waals surface area contributed by atoms with Crippen LogP contribution >= 0.6 is 0 Å². The summed E-state index contributed by atoms with van der Waals surface area (Å²) in [6.45, 7) is 0. The Kier molecular flexibility index (Phi) is 134. The van der Waals surface area contributed by atoms with Gasteiger partial charge in [-0.2, -0.15) is 0 Å². The van der Waals surface area contributed by atoms with Gasteiger partial charge in [0.05, 0.1) is 0 Å². The molecule has 0 nitrogen and oxygen atoms in total. The van der Waals surface area contributed by atoms with Crippen LogP contribution in [0.5, 0.6) is 0 Å². The number of hydrogen-bond acceptors (Lipinski definition) is 0. The maximum absolute atomic E-state index is 0. The zero-order chi connectivity index (χ0) is 0. The molecule has 0 aliphatic heterocycles. The van der Waals surface area contributed by atoms with Crippen LogP contribution in [0.25, 0.3) is 0 Å². The summed E-state index contributed by atoms with van der Waals surface area (Å²) in [5.41, 5.74) is 0. The summed E-state index contributed by atoms with van der Waals surface area (Å²) < 4.78 is 0. The SMILES string of the molecule is [Al].[As].[Ga].[In]. The van der Waals surface area contributed by atoms with E-state index in [1.54, 1.807) is 0 Å². The fourth-order valence-electron chi connectivity index (χ4n) is 0. The second-order valence-corrected chi connectivity index (χ2v) is 0. The summed E-state index contributed by atoms with van der Waals surface area (Å²) in [5, 5.41) is 0. The van der Waals surface area contributed by atoms with E-state index in [-0.39, 0.29) is 80.9 Å². The van der Waals surface area contributed by atoms with Gasteiger partial charge in [-0.1, -0.05) is 0 Å². The summed E-state index contributed by atoms with van der Waals surface area (Å²) in [7, 11) is 0. The van der Waals surface area contributed by atoms with Crippen LogP contribution in [0.15, 0.2) is 0 Å². The monoisotopic (exact) mass is 286 g/mol. The van der Waals surface area contributed by atoms with Crippen molar-refractivity contribution in [1.29, 1.82) is 0 Å². The molecule has 0 rings (SSSR count). The Labute approximate surface area is 79.8 Å². The second-order valence-electron chi connectivity index (χ2n) is 0. The van der Waals surface area contributed by atoms with Gasteiger partial charge in [0.2, 0.25) is 0 Å². The molecule has 0 aromatic carbocycles. The summed E-state index contributed by atoms with van der Waals surface area (Å²) in [6, 6.07) is 0. The third kappa shape index (κ3) is 8.82. The summed E-state index contributed by atoms with van der Waals surface area (Å²) in [6.07, 6.45) is 0. The van der Waals surface area contributed by atoms with Gasteiger partial charge in [0.15, 0.2) is 0 Å². The minimum absolute atomic E-state index is 0. The minimum atomic E-state index is 0. The van der Waals surface area contributed by atoms with Gasteiger partial charge < -0.3 is 0 Å². The molecule has 0 unspecified atom stereocenters. The van der Waals surface area contributed by atoms with Crippen LogP contribution in [0.1, 0.15) is 0 Å². The molecule has 0 aromatic heterocycles. The molecule has 0 aliphatic rings. The van der Waals surface area contributed by atoms with Gasteiger partial charge in [-0.05, 0) is 0 Å². The van der Waals surface area contributed by atoms with Crippen LogP contribution in [0.3, 0.4) is 0 Å². The third-order valence-corrected chi connectivity index (χ3v) is 0. The average molecular weight is 286 g/mol. The maximum atomic E-state index is 0. The van der Waals surface area contributed by atoms with Gasteiger partial charge in [0, 0.05) is 80.9 Å². The quantitative estimate of drug-likeness (QED) is 0.475. The van der Waals surface area contributed by atoms with E-state index >= 15 is 0 Å². The Hall–Kier alpha value is 2.60. The first-order valence-corrected chi connectivity index (χ1v) is 0. The second kappa shape index (κ2) is 17.5. The van der Waals surface area contributed by atoms with Crippen LogP contribution in [-0.4, -0.2) is 80.9 Å². The number of hydrogen-bond donors (Lipinski definition) is 0. The fraction of sp³-hybridized carbons (Fsp3) is 0. The van der Waals surface area contributed by atoms with Gasteiger partial charge in [-0.25, -0.2) is 0 Å². The average Bonchev–Trinajstić information content (AvgIpc) is 0. The standard InChI is InChI=1S/Al.As.Ga.In. The van der Waals surface area contributed by atoms with E-state index in [2.05, 4.69) is 0 Å². The molecule has 0 saturated carbocycles. The molecule has 12 radical (unpaired) electrons. The van der Waals surface area contributed by atoms with Gasteiger partial charge >= 0.3 is 0 Å². The predicted molar refractivity (Wildman–Crippen MR) is 23.0 cm³/mol. The maximum Gasteiger partial charge on any atom is 0 e. The molecule has 0 heterocycles. The van der Waals surface area contributed by atoms with E-state index in [0.29, 0.717) is 0 Å². The molecule has 0 N–H and O–H groups in total. The molecular formula is AlAsGaIn. The Morgan fingerprint density at radius 1 is 1.00 bits per heavy atom. The van der Waals surface area contributed by atoms with Crippen molar-refractivity contribution >= 4 is 80.9 Å². The number of rotatable bonds is 0. The predicted octanol–water partition coefficient (Wildman–Crippen LogP) is -1.52.